The molecule has 0 aromatic heterocycles. The predicted octanol–water partition coefficient (Wildman–Crippen LogP) is 5.09. The summed E-state index contributed by atoms with van der Waals surface area (Å²) in [6, 6.07) is 19.0. The molecular formula is C14H12F3IO2. The van der Waals surface area contributed by atoms with E-state index in [9.17, 15) is 23.1 Å². The summed E-state index contributed by atoms with van der Waals surface area (Å²) >= 11 is -2.30. The normalized spacial score (nSPS) is 10.5. The Morgan fingerprint density at radius 2 is 1.15 bits per heavy atom. The maximum absolute atomic E-state index is 11.4. The Balaban J connectivity index is 0.000000444. The first-order valence-corrected chi connectivity index (χ1v) is 8.71. The first-order valence-electron chi connectivity index (χ1n) is 5.47. The van der Waals surface area contributed by atoms with Gasteiger partial charge in [0.1, 0.15) is 0 Å². The van der Waals surface area contributed by atoms with Gasteiger partial charge in [-0.05, 0) is 0 Å². The van der Waals surface area contributed by atoms with Crippen molar-refractivity contribution < 1.29 is 23.1 Å². The summed E-state index contributed by atoms with van der Waals surface area (Å²) in [5.41, 5.74) is 0. The van der Waals surface area contributed by atoms with E-state index in [1.165, 1.54) is 0 Å². The topological polar surface area (TPSA) is 37.3 Å². The summed E-state index contributed by atoms with van der Waals surface area (Å²) in [6.07, 6.45) is 0. The van der Waals surface area contributed by atoms with Crippen LogP contribution >= 0.6 is 19.8 Å². The number of hydrogen-bond donors (Lipinski definition) is 1. The molecule has 0 amide bonds. The van der Waals surface area contributed by atoms with E-state index in [0.717, 1.165) is 7.14 Å². The van der Waals surface area contributed by atoms with Gasteiger partial charge in [-0.1, -0.05) is 0 Å². The third kappa shape index (κ3) is 5.60. The molecule has 0 fully saturated rings. The zero-order valence-corrected chi connectivity index (χ0v) is 12.4. The van der Waals surface area contributed by atoms with Crippen LogP contribution in [0.15, 0.2) is 60.7 Å². The summed E-state index contributed by atoms with van der Waals surface area (Å²) in [5, 5.41) is 9.35. The molecule has 0 aliphatic rings. The van der Waals surface area contributed by atoms with Crippen molar-refractivity contribution in [2.24, 2.45) is 0 Å². The molecule has 0 spiro atoms. The zero-order valence-electron chi connectivity index (χ0n) is 10.2. The van der Waals surface area contributed by atoms with Crippen molar-refractivity contribution in [2.45, 2.75) is 6.68 Å². The second-order valence-electron chi connectivity index (χ2n) is 3.37. The third-order valence-electron chi connectivity index (χ3n) is 2.06. The average molecular weight is 396 g/mol. The minimum atomic E-state index is -3.67. The van der Waals surface area contributed by atoms with Gasteiger partial charge in [0.15, 0.2) is 0 Å². The summed E-state index contributed by atoms with van der Waals surface area (Å²) < 4.78 is 30.3. The van der Waals surface area contributed by atoms with Crippen LogP contribution in [0.25, 0.3) is 0 Å². The van der Waals surface area contributed by atoms with Gasteiger partial charge in [0.2, 0.25) is 0 Å². The van der Waals surface area contributed by atoms with Crippen molar-refractivity contribution in [1.82, 2.24) is 0 Å². The van der Waals surface area contributed by atoms with Gasteiger partial charge in [0, 0.05) is 0 Å². The monoisotopic (exact) mass is 396 g/mol. The molecule has 108 valence electrons. The number of hydrogen-bond acceptors (Lipinski definition) is 1. The van der Waals surface area contributed by atoms with E-state index in [1.54, 1.807) is 0 Å². The van der Waals surface area contributed by atoms with Gasteiger partial charge < -0.3 is 0 Å². The number of rotatable bonds is 3. The van der Waals surface area contributed by atoms with Crippen LogP contribution in [0.3, 0.4) is 0 Å². The first-order chi connectivity index (χ1) is 9.52. The van der Waals surface area contributed by atoms with E-state index in [4.69, 9.17) is 0 Å². The Morgan fingerprint density at radius 1 is 0.850 bits per heavy atom. The molecular weight excluding hydrogens is 384 g/mol. The second-order valence-corrected chi connectivity index (χ2v) is 8.41. The van der Waals surface area contributed by atoms with Crippen LogP contribution in [0.1, 0.15) is 0 Å². The fourth-order valence-electron chi connectivity index (χ4n) is 1.39. The van der Waals surface area contributed by atoms with E-state index < -0.39 is 30.5 Å². The second kappa shape index (κ2) is 8.57. The zero-order chi connectivity index (χ0) is 15.0. The Morgan fingerprint density at radius 3 is 1.40 bits per heavy atom. The van der Waals surface area contributed by atoms with E-state index in [0.29, 0.717) is 0 Å². The molecule has 0 heterocycles. The molecule has 0 bridgehead atoms. The first kappa shape index (κ1) is 16.5. The van der Waals surface area contributed by atoms with E-state index >= 15 is 0 Å². The Bertz CT molecular complexity index is 478. The Hall–Kier alpha value is -1.57. The van der Waals surface area contributed by atoms with E-state index in [-0.39, 0.29) is 0 Å². The van der Waals surface area contributed by atoms with Crippen molar-refractivity contribution in [3.8, 4) is 0 Å². The van der Waals surface area contributed by atoms with E-state index in [2.05, 4.69) is 0 Å². The molecule has 0 saturated carbocycles. The molecule has 0 atom stereocenters. The quantitative estimate of drug-likeness (QED) is 0.580. The summed E-state index contributed by atoms with van der Waals surface area (Å²) in [6.45, 7) is -3.67. The fraction of sp³-hybridized carbons (Fsp3) is 0.0714. The summed E-state index contributed by atoms with van der Waals surface area (Å²) in [4.78, 5) is 11.4. The molecule has 0 aliphatic heterocycles. The number of benzene rings is 2. The SMILES string of the molecule is FC(F)F.O=C(O)I(c1ccccc1)c1ccccc1. The molecule has 6 heteroatoms. The van der Waals surface area contributed by atoms with Gasteiger partial charge in [-0.3, -0.25) is 0 Å². The molecule has 2 rings (SSSR count). The van der Waals surface area contributed by atoms with Gasteiger partial charge in [-0.2, -0.15) is 13.2 Å². The maximum atomic E-state index is 11.4. The van der Waals surface area contributed by atoms with Crippen LogP contribution < -0.4 is 0 Å². The van der Waals surface area contributed by atoms with Crippen LogP contribution in [-0.2, 0) is 0 Å². The molecule has 0 radical (unpaired) electrons. The van der Waals surface area contributed by atoms with Crippen LogP contribution in [-0.4, -0.2) is 15.8 Å². The number of carbonyl (C=O) groups is 1. The van der Waals surface area contributed by atoms with Crippen molar-refractivity contribution in [3.63, 3.8) is 0 Å². The summed E-state index contributed by atoms with van der Waals surface area (Å²) in [7, 11) is 0. The molecule has 2 nitrogen and oxygen atoms in total. The minimum absolute atomic E-state index is 0.665. The van der Waals surface area contributed by atoms with Crippen LogP contribution in [0, 0.1) is 7.14 Å². The van der Waals surface area contributed by atoms with Crippen molar-refractivity contribution >= 4 is 23.8 Å². The third-order valence-corrected chi connectivity index (χ3v) is 6.92. The Labute approximate surface area is 121 Å². The van der Waals surface area contributed by atoms with Crippen LogP contribution in [0.4, 0.5) is 18.0 Å². The average Bonchev–Trinajstić information content (AvgIpc) is 2.40. The van der Waals surface area contributed by atoms with Crippen LogP contribution in [0.2, 0.25) is 0 Å². The van der Waals surface area contributed by atoms with Crippen molar-refractivity contribution in [2.75, 3.05) is 0 Å². The number of halogens is 4. The van der Waals surface area contributed by atoms with Crippen LogP contribution in [0.5, 0.6) is 0 Å². The van der Waals surface area contributed by atoms with E-state index in [1.807, 2.05) is 60.7 Å². The predicted molar refractivity (Wildman–Crippen MR) is 79.4 cm³/mol. The van der Waals surface area contributed by atoms with Gasteiger partial charge in [-0.25, -0.2) is 0 Å². The molecule has 2 aromatic carbocycles. The number of alkyl halides is 3. The van der Waals surface area contributed by atoms with Gasteiger partial charge in [0.05, 0.1) is 0 Å². The van der Waals surface area contributed by atoms with Crippen molar-refractivity contribution in [1.29, 1.82) is 0 Å². The molecule has 0 saturated heterocycles. The number of carboxylic acid groups (broad SMARTS) is 1. The Kier molecular flexibility index (Phi) is 7.06. The summed E-state index contributed by atoms with van der Waals surface area (Å²) in [5.74, 6) is 0. The van der Waals surface area contributed by atoms with Gasteiger partial charge >= 0.3 is 108 Å². The van der Waals surface area contributed by atoms with Gasteiger partial charge in [-0.15, -0.1) is 0 Å². The fourth-order valence-corrected chi connectivity index (χ4v) is 5.45. The molecule has 0 unspecified atom stereocenters. The van der Waals surface area contributed by atoms with Crippen molar-refractivity contribution in [3.05, 3.63) is 67.8 Å². The molecule has 2 aromatic rings. The molecule has 1 N–H and O–H groups in total. The van der Waals surface area contributed by atoms with Gasteiger partial charge in [0.25, 0.3) is 0 Å². The molecule has 0 aliphatic carbocycles. The molecule has 20 heavy (non-hydrogen) atoms. The standard InChI is InChI=1S/C13H11IO2.CHF3/c15-13(16)14(11-7-3-1-4-8-11)12-9-5-2-6-10-12;2-1(3)4/h1-10H,(H,15,16);1H.